The lowest BCUT2D eigenvalue weighted by Gasteiger charge is -2.12. The molecule has 1 aromatic carbocycles. The summed E-state index contributed by atoms with van der Waals surface area (Å²) < 4.78 is 22.6. The molecule has 0 spiro atoms. The molecule has 0 bridgehead atoms. The highest BCUT2D eigenvalue weighted by Crippen LogP contribution is 2.24. The summed E-state index contributed by atoms with van der Waals surface area (Å²) in [5.41, 5.74) is 1.97. The van der Waals surface area contributed by atoms with Gasteiger partial charge in [0.1, 0.15) is 0 Å². The lowest BCUT2D eigenvalue weighted by atomic mass is 9.95. The van der Waals surface area contributed by atoms with Crippen LogP contribution in [0.15, 0.2) is 35.2 Å². The van der Waals surface area contributed by atoms with Crippen molar-refractivity contribution in [1.82, 2.24) is 0 Å². The van der Waals surface area contributed by atoms with Gasteiger partial charge in [0.05, 0.1) is 11.5 Å². The summed E-state index contributed by atoms with van der Waals surface area (Å²) in [6.45, 7) is 4.05. The van der Waals surface area contributed by atoms with Crippen LogP contribution in [0.1, 0.15) is 19.4 Å². The van der Waals surface area contributed by atoms with E-state index in [1.807, 2.05) is 13.8 Å². The molecule has 1 aromatic rings. The molecule has 0 atom stereocenters. The minimum Gasteiger partial charge on any atom is -0.392 e. The van der Waals surface area contributed by atoms with E-state index in [-0.39, 0.29) is 12.5 Å². The second-order valence-corrected chi connectivity index (χ2v) is 6.31. The molecule has 0 saturated carbocycles. The Morgan fingerprint density at radius 2 is 1.82 bits per heavy atom. The molecule has 0 saturated heterocycles. The van der Waals surface area contributed by atoms with E-state index in [4.69, 9.17) is 5.11 Å². The first kappa shape index (κ1) is 13.9. The van der Waals surface area contributed by atoms with Crippen molar-refractivity contribution in [2.24, 2.45) is 5.92 Å². The predicted molar refractivity (Wildman–Crippen MR) is 69.5 cm³/mol. The Kier molecular flexibility index (Phi) is 4.48. The van der Waals surface area contributed by atoms with Crippen LogP contribution in [0.5, 0.6) is 0 Å². The summed E-state index contributed by atoms with van der Waals surface area (Å²) in [5.74, 6) is 0.284. The Labute approximate surface area is 103 Å². The van der Waals surface area contributed by atoms with Crippen LogP contribution < -0.4 is 0 Å². The number of aliphatic hydroxyl groups excluding tert-OH is 1. The Bertz CT molecular complexity index is 496. The molecule has 0 fully saturated rings. The van der Waals surface area contributed by atoms with Gasteiger partial charge in [-0.3, -0.25) is 0 Å². The van der Waals surface area contributed by atoms with Crippen LogP contribution in [-0.4, -0.2) is 26.4 Å². The van der Waals surface area contributed by atoms with Crippen LogP contribution in [-0.2, 0) is 9.84 Å². The largest absolute Gasteiger partial charge is 0.392 e. The number of allylic oxidation sites excluding steroid dienone is 1. The van der Waals surface area contributed by atoms with Gasteiger partial charge >= 0.3 is 0 Å². The maximum absolute atomic E-state index is 11.3. The molecule has 0 heterocycles. The van der Waals surface area contributed by atoms with Gasteiger partial charge in [0, 0.05) is 6.26 Å². The molecule has 1 N–H and O–H groups in total. The van der Waals surface area contributed by atoms with Gasteiger partial charge in [-0.15, -0.1) is 0 Å². The number of hydrogen-bond acceptors (Lipinski definition) is 3. The van der Waals surface area contributed by atoms with Crippen LogP contribution in [0.25, 0.3) is 5.57 Å². The molecule has 0 radical (unpaired) electrons. The Balaban J connectivity index is 3.14. The topological polar surface area (TPSA) is 54.4 Å². The maximum atomic E-state index is 11.3. The normalized spacial score (nSPS) is 13.1. The molecule has 0 aliphatic carbocycles. The van der Waals surface area contributed by atoms with E-state index in [9.17, 15) is 8.42 Å². The maximum Gasteiger partial charge on any atom is 0.175 e. The Morgan fingerprint density at radius 3 is 2.18 bits per heavy atom. The lowest BCUT2D eigenvalue weighted by molar-refractivity contribution is 0.342. The van der Waals surface area contributed by atoms with Crippen molar-refractivity contribution < 1.29 is 13.5 Å². The minimum atomic E-state index is -3.15. The van der Waals surface area contributed by atoms with E-state index in [0.717, 1.165) is 11.1 Å². The first-order chi connectivity index (χ1) is 7.86. The van der Waals surface area contributed by atoms with Crippen LogP contribution >= 0.6 is 0 Å². The summed E-state index contributed by atoms with van der Waals surface area (Å²) in [6, 6.07) is 6.74. The van der Waals surface area contributed by atoms with Crippen molar-refractivity contribution in [3.63, 3.8) is 0 Å². The molecule has 0 aliphatic heterocycles. The zero-order chi connectivity index (χ0) is 13.1. The van der Waals surface area contributed by atoms with Crippen LogP contribution in [0.2, 0.25) is 0 Å². The van der Waals surface area contributed by atoms with Crippen molar-refractivity contribution >= 4 is 15.4 Å². The summed E-state index contributed by atoms with van der Waals surface area (Å²) in [4.78, 5) is 0.313. The van der Waals surface area contributed by atoms with Gasteiger partial charge in [0.15, 0.2) is 9.84 Å². The molecular formula is C13H18O3S. The Morgan fingerprint density at radius 1 is 1.29 bits per heavy atom. The van der Waals surface area contributed by atoms with Crippen LogP contribution in [0, 0.1) is 5.92 Å². The fourth-order valence-corrected chi connectivity index (χ4v) is 2.31. The second-order valence-electron chi connectivity index (χ2n) is 4.29. The smallest absolute Gasteiger partial charge is 0.175 e. The molecular weight excluding hydrogens is 236 g/mol. The molecule has 0 aliphatic rings. The summed E-state index contributed by atoms with van der Waals surface area (Å²) in [6.07, 6.45) is 2.94. The lowest BCUT2D eigenvalue weighted by Crippen LogP contribution is -1.99. The van der Waals surface area contributed by atoms with Gasteiger partial charge < -0.3 is 5.11 Å². The van der Waals surface area contributed by atoms with Gasteiger partial charge in [0.25, 0.3) is 0 Å². The highest BCUT2D eigenvalue weighted by Gasteiger charge is 2.09. The monoisotopic (exact) mass is 254 g/mol. The van der Waals surface area contributed by atoms with Crippen LogP contribution in [0.4, 0.5) is 0 Å². The molecule has 17 heavy (non-hydrogen) atoms. The van der Waals surface area contributed by atoms with Crippen molar-refractivity contribution in [3.05, 3.63) is 35.9 Å². The average molecular weight is 254 g/mol. The third-order valence-corrected chi connectivity index (χ3v) is 3.68. The van der Waals surface area contributed by atoms with Gasteiger partial charge in [-0.2, -0.15) is 0 Å². The van der Waals surface area contributed by atoms with E-state index < -0.39 is 9.84 Å². The van der Waals surface area contributed by atoms with E-state index in [1.165, 1.54) is 6.26 Å². The molecule has 94 valence electrons. The van der Waals surface area contributed by atoms with Crippen molar-refractivity contribution in [3.8, 4) is 0 Å². The molecule has 0 aromatic heterocycles. The van der Waals surface area contributed by atoms with Gasteiger partial charge in [0.2, 0.25) is 0 Å². The average Bonchev–Trinajstić information content (AvgIpc) is 2.24. The van der Waals surface area contributed by atoms with E-state index in [1.54, 1.807) is 30.3 Å². The standard InChI is InChI=1S/C13H18O3S/c1-10(2)13(8-9-14)11-4-6-12(7-5-11)17(3,15)16/h4-8,10,14H,9H2,1-3H3. The number of benzene rings is 1. The quantitative estimate of drug-likeness (QED) is 0.895. The fourth-order valence-electron chi connectivity index (χ4n) is 1.68. The second kappa shape index (κ2) is 5.47. The third-order valence-electron chi connectivity index (χ3n) is 2.55. The predicted octanol–water partition coefficient (Wildman–Crippen LogP) is 2.12. The molecule has 0 unspecified atom stereocenters. The third kappa shape index (κ3) is 3.68. The summed E-state index contributed by atoms with van der Waals surface area (Å²) >= 11 is 0. The summed E-state index contributed by atoms with van der Waals surface area (Å²) in [7, 11) is -3.15. The minimum absolute atomic E-state index is 0.0126. The van der Waals surface area contributed by atoms with Crippen LogP contribution in [0.3, 0.4) is 0 Å². The highest BCUT2D eigenvalue weighted by atomic mass is 32.2. The fraction of sp³-hybridized carbons (Fsp3) is 0.385. The number of aliphatic hydroxyl groups is 1. The van der Waals surface area contributed by atoms with Gasteiger partial charge in [-0.1, -0.05) is 32.1 Å². The number of sulfone groups is 1. The SMILES string of the molecule is CC(C)C(=CCO)c1ccc(S(C)(=O)=O)cc1. The highest BCUT2D eigenvalue weighted by molar-refractivity contribution is 7.90. The van der Waals surface area contributed by atoms with Crippen molar-refractivity contribution in [1.29, 1.82) is 0 Å². The van der Waals surface area contributed by atoms with E-state index in [0.29, 0.717) is 4.90 Å². The van der Waals surface area contributed by atoms with Crippen molar-refractivity contribution in [2.75, 3.05) is 12.9 Å². The number of hydrogen-bond donors (Lipinski definition) is 1. The van der Waals surface area contributed by atoms with E-state index >= 15 is 0 Å². The van der Waals surface area contributed by atoms with Gasteiger partial charge in [-0.05, 0) is 29.2 Å². The first-order valence-electron chi connectivity index (χ1n) is 5.47. The van der Waals surface area contributed by atoms with E-state index in [2.05, 4.69) is 0 Å². The Hall–Kier alpha value is -1.13. The molecule has 1 rings (SSSR count). The van der Waals surface area contributed by atoms with Crippen molar-refractivity contribution in [2.45, 2.75) is 18.7 Å². The zero-order valence-corrected chi connectivity index (χ0v) is 11.2. The molecule has 0 amide bonds. The van der Waals surface area contributed by atoms with Gasteiger partial charge in [-0.25, -0.2) is 8.42 Å². The molecule has 3 nitrogen and oxygen atoms in total. The summed E-state index contributed by atoms with van der Waals surface area (Å²) in [5, 5.41) is 8.96. The first-order valence-corrected chi connectivity index (χ1v) is 7.37. The molecule has 4 heteroatoms. The zero-order valence-electron chi connectivity index (χ0n) is 10.3. The number of rotatable bonds is 4.